The van der Waals surface area contributed by atoms with Gasteiger partial charge in [-0.05, 0) is 37.7 Å². The molecule has 0 heterocycles. The van der Waals surface area contributed by atoms with Gasteiger partial charge in [0.05, 0.1) is 10.5 Å². The molecule has 2 N–H and O–H groups in total. The molecule has 1 atom stereocenters. The number of hydrogen-bond donors (Lipinski definition) is 2. The molecular weight excluding hydrogens is 329 g/mol. The Morgan fingerprint density at radius 3 is 2.14 bits per heavy atom. The average molecular weight is 347 g/mol. The van der Waals surface area contributed by atoms with Crippen LogP contribution in [0.25, 0.3) is 0 Å². The zero-order valence-corrected chi connectivity index (χ0v) is 13.2. The van der Waals surface area contributed by atoms with Crippen LogP contribution >= 0.6 is 12.4 Å². The molecule has 4 nitrogen and oxygen atoms in total. The molecule has 0 spiro atoms. The van der Waals surface area contributed by atoms with Crippen molar-refractivity contribution in [1.29, 1.82) is 0 Å². The Morgan fingerprint density at radius 2 is 1.71 bits per heavy atom. The standard InChI is InChI=1S/C12H17F3N2O2S.ClH/c1-3-16-9(2)8-17-20(18,19)11-6-4-10(5-7-11)12(13,14)15;/h4-7,9,16-17H,3,8H2,1-2H3;1H/t9-;/m1./s1. The number of halogens is 4. The minimum absolute atomic E-state index is 0. The number of benzene rings is 1. The first-order valence-electron chi connectivity index (χ1n) is 6.07. The van der Waals surface area contributed by atoms with E-state index in [0.717, 1.165) is 24.3 Å². The summed E-state index contributed by atoms with van der Waals surface area (Å²) in [5.74, 6) is 0. The first kappa shape index (κ1) is 20.2. The number of rotatable bonds is 6. The minimum Gasteiger partial charge on any atom is -0.313 e. The number of nitrogens with one attached hydrogen (secondary N) is 2. The second kappa shape index (κ2) is 7.98. The molecule has 21 heavy (non-hydrogen) atoms. The number of alkyl halides is 3. The van der Waals surface area contributed by atoms with Crippen molar-refractivity contribution in [2.75, 3.05) is 13.1 Å². The highest BCUT2D eigenvalue weighted by Crippen LogP contribution is 2.29. The highest BCUT2D eigenvalue weighted by atomic mass is 35.5. The summed E-state index contributed by atoms with van der Waals surface area (Å²) in [4.78, 5) is -0.186. The van der Waals surface area contributed by atoms with Gasteiger partial charge in [-0.2, -0.15) is 13.2 Å². The van der Waals surface area contributed by atoms with Gasteiger partial charge in [-0.3, -0.25) is 0 Å². The molecule has 1 rings (SSSR count). The van der Waals surface area contributed by atoms with Crippen LogP contribution in [0, 0.1) is 0 Å². The topological polar surface area (TPSA) is 58.2 Å². The van der Waals surface area contributed by atoms with E-state index in [0.29, 0.717) is 6.54 Å². The Hall–Kier alpha value is -0.830. The summed E-state index contributed by atoms with van der Waals surface area (Å²) >= 11 is 0. The third-order valence-corrected chi connectivity index (χ3v) is 4.06. The lowest BCUT2D eigenvalue weighted by molar-refractivity contribution is -0.137. The van der Waals surface area contributed by atoms with Gasteiger partial charge in [-0.15, -0.1) is 12.4 Å². The van der Waals surface area contributed by atoms with Gasteiger partial charge in [0.15, 0.2) is 0 Å². The highest BCUT2D eigenvalue weighted by Gasteiger charge is 2.30. The fraction of sp³-hybridized carbons (Fsp3) is 0.500. The molecule has 0 saturated heterocycles. The lowest BCUT2D eigenvalue weighted by Gasteiger charge is -2.14. The van der Waals surface area contributed by atoms with Crippen LogP contribution in [0.5, 0.6) is 0 Å². The Balaban J connectivity index is 0.00000400. The third kappa shape index (κ3) is 6.21. The monoisotopic (exact) mass is 346 g/mol. The molecule has 0 amide bonds. The first-order chi connectivity index (χ1) is 9.16. The van der Waals surface area contributed by atoms with Crippen LogP contribution in [0.4, 0.5) is 13.2 Å². The zero-order chi connectivity index (χ0) is 15.4. The Bertz CT molecular complexity index is 532. The second-order valence-electron chi connectivity index (χ2n) is 4.33. The molecule has 0 aliphatic carbocycles. The number of likely N-dealkylation sites (N-methyl/N-ethyl adjacent to an activating group) is 1. The molecular formula is C12H18ClF3N2O2S. The maximum Gasteiger partial charge on any atom is 0.416 e. The van der Waals surface area contributed by atoms with Crippen molar-refractivity contribution in [1.82, 2.24) is 10.0 Å². The number of hydrogen-bond acceptors (Lipinski definition) is 3. The molecule has 122 valence electrons. The van der Waals surface area contributed by atoms with Crippen molar-refractivity contribution in [2.24, 2.45) is 0 Å². The van der Waals surface area contributed by atoms with Gasteiger partial charge in [0.1, 0.15) is 0 Å². The average Bonchev–Trinajstić information content (AvgIpc) is 2.36. The van der Waals surface area contributed by atoms with Crippen molar-refractivity contribution >= 4 is 22.4 Å². The van der Waals surface area contributed by atoms with Crippen molar-refractivity contribution in [2.45, 2.75) is 31.0 Å². The molecule has 0 aromatic heterocycles. The van der Waals surface area contributed by atoms with Crippen LogP contribution in [0.15, 0.2) is 29.2 Å². The van der Waals surface area contributed by atoms with Crippen molar-refractivity contribution in [3.63, 3.8) is 0 Å². The third-order valence-electron chi connectivity index (χ3n) is 2.62. The van der Waals surface area contributed by atoms with Gasteiger partial charge in [-0.25, -0.2) is 13.1 Å². The molecule has 0 radical (unpaired) electrons. The molecule has 0 unspecified atom stereocenters. The Labute approximate surface area is 128 Å². The maximum absolute atomic E-state index is 12.4. The van der Waals surface area contributed by atoms with Gasteiger partial charge in [0.2, 0.25) is 10.0 Å². The van der Waals surface area contributed by atoms with E-state index in [1.807, 2.05) is 6.92 Å². The van der Waals surface area contributed by atoms with E-state index in [4.69, 9.17) is 0 Å². The minimum atomic E-state index is -4.48. The summed E-state index contributed by atoms with van der Waals surface area (Å²) in [6.45, 7) is 4.56. The van der Waals surface area contributed by atoms with E-state index in [9.17, 15) is 21.6 Å². The quantitative estimate of drug-likeness (QED) is 0.831. The number of sulfonamides is 1. The molecule has 0 aliphatic rings. The molecule has 0 fully saturated rings. The van der Waals surface area contributed by atoms with Crippen molar-refractivity contribution in [3.05, 3.63) is 29.8 Å². The normalized spacial score (nSPS) is 13.6. The summed E-state index contributed by atoms with van der Waals surface area (Å²) in [5.41, 5.74) is -0.877. The molecule has 1 aromatic carbocycles. The van der Waals surface area contributed by atoms with Crippen molar-refractivity contribution < 1.29 is 21.6 Å². The van der Waals surface area contributed by atoms with Gasteiger partial charge in [0.25, 0.3) is 0 Å². The molecule has 9 heteroatoms. The molecule has 1 aromatic rings. The summed E-state index contributed by atoms with van der Waals surface area (Å²) in [6.07, 6.45) is -4.48. The highest BCUT2D eigenvalue weighted by molar-refractivity contribution is 7.89. The smallest absolute Gasteiger partial charge is 0.313 e. The van der Waals surface area contributed by atoms with E-state index in [1.165, 1.54) is 0 Å². The molecule has 0 bridgehead atoms. The largest absolute Gasteiger partial charge is 0.416 e. The van der Waals surface area contributed by atoms with E-state index in [-0.39, 0.29) is 29.9 Å². The van der Waals surface area contributed by atoms with E-state index in [2.05, 4.69) is 10.0 Å². The van der Waals surface area contributed by atoms with Crippen LogP contribution in [0.3, 0.4) is 0 Å². The Morgan fingerprint density at radius 1 is 1.19 bits per heavy atom. The maximum atomic E-state index is 12.4. The lowest BCUT2D eigenvalue weighted by Crippen LogP contribution is -2.38. The lowest BCUT2D eigenvalue weighted by atomic mass is 10.2. The van der Waals surface area contributed by atoms with Gasteiger partial charge < -0.3 is 5.32 Å². The summed E-state index contributed by atoms with van der Waals surface area (Å²) < 4.78 is 63.3. The van der Waals surface area contributed by atoms with Crippen LogP contribution < -0.4 is 10.0 Å². The fourth-order valence-electron chi connectivity index (χ4n) is 1.56. The first-order valence-corrected chi connectivity index (χ1v) is 7.55. The summed E-state index contributed by atoms with van der Waals surface area (Å²) in [5, 5.41) is 3.02. The van der Waals surface area contributed by atoms with Crippen LogP contribution in [0.1, 0.15) is 19.4 Å². The van der Waals surface area contributed by atoms with Crippen LogP contribution in [-0.4, -0.2) is 27.5 Å². The van der Waals surface area contributed by atoms with E-state index >= 15 is 0 Å². The van der Waals surface area contributed by atoms with E-state index in [1.54, 1.807) is 6.92 Å². The molecule has 0 saturated carbocycles. The predicted octanol–water partition coefficient (Wildman–Crippen LogP) is 2.40. The zero-order valence-electron chi connectivity index (χ0n) is 11.6. The van der Waals surface area contributed by atoms with Crippen molar-refractivity contribution in [3.8, 4) is 0 Å². The molecule has 0 aliphatic heterocycles. The summed E-state index contributed by atoms with van der Waals surface area (Å²) in [7, 11) is -3.79. The van der Waals surface area contributed by atoms with Gasteiger partial charge in [0, 0.05) is 12.6 Å². The second-order valence-corrected chi connectivity index (χ2v) is 6.10. The Kier molecular flexibility index (Phi) is 7.66. The fourth-order valence-corrected chi connectivity index (χ4v) is 2.69. The van der Waals surface area contributed by atoms with Gasteiger partial charge >= 0.3 is 6.18 Å². The van der Waals surface area contributed by atoms with Gasteiger partial charge in [-0.1, -0.05) is 6.92 Å². The SMILES string of the molecule is CCN[C@H](C)CNS(=O)(=O)c1ccc(C(F)(F)F)cc1.Cl. The van der Waals surface area contributed by atoms with Crippen LogP contribution in [-0.2, 0) is 16.2 Å². The van der Waals surface area contributed by atoms with Crippen LogP contribution in [0.2, 0.25) is 0 Å². The summed E-state index contributed by atoms with van der Waals surface area (Å²) in [6, 6.07) is 3.33. The predicted molar refractivity (Wildman–Crippen MR) is 77.0 cm³/mol. The van der Waals surface area contributed by atoms with E-state index < -0.39 is 21.8 Å².